The Morgan fingerprint density at radius 2 is 2.09 bits per heavy atom. The Bertz CT molecular complexity index is 575. The smallest absolute Gasteiger partial charge is 0.418 e. The Hall–Kier alpha value is -2.09. The van der Waals surface area contributed by atoms with Crippen molar-refractivity contribution in [2.75, 3.05) is 25.5 Å². The number of anilines is 1. The highest BCUT2D eigenvalue weighted by molar-refractivity contribution is 5.93. The molecule has 5 nitrogen and oxygen atoms in total. The molecule has 120 valence electrons. The fourth-order valence-electron chi connectivity index (χ4n) is 2.25. The van der Waals surface area contributed by atoms with E-state index >= 15 is 0 Å². The fraction of sp³-hybridized carbons (Fsp3) is 0.429. The number of amides is 1. The minimum atomic E-state index is -4.55. The maximum Gasteiger partial charge on any atom is 0.418 e. The summed E-state index contributed by atoms with van der Waals surface area (Å²) in [4.78, 5) is 24.7. The minimum absolute atomic E-state index is 0.202. The number of rotatable bonds is 4. The highest BCUT2D eigenvalue weighted by atomic mass is 19.4. The van der Waals surface area contributed by atoms with Crippen LogP contribution in [0, 0.1) is 0 Å². The van der Waals surface area contributed by atoms with Crippen molar-refractivity contribution in [3.05, 3.63) is 29.8 Å². The molecule has 1 fully saturated rings. The molecule has 0 aromatic heterocycles. The first-order valence-corrected chi connectivity index (χ1v) is 6.62. The fourth-order valence-corrected chi connectivity index (χ4v) is 2.25. The lowest BCUT2D eigenvalue weighted by Gasteiger charge is -2.21. The van der Waals surface area contributed by atoms with Gasteiger partial charge in [-0.15, -0.1) is 0 Å². The normalized spacial score (nSPS) is 18.4. The Labute approximate surface area is 125 Å². The number of esters is 1. The second kappa shape index (κ2) is 6.35. The first-order valence-electron chi connectivity index (χ1n) is 6.62. The molecule has 1 heterocycles. The van der Waals surface area contributed by atoms with E-state index in [0.29, 0.717) is 6.42 Å². The molecule has 8 heteroatoms. The van der Waals surface area contributed by atoms with Gasteiger partial charge < -0.3 is 10.1 Å². The quantitative estimate of drug-likeness (QED) is 0.862. The molecule has 0 saturated carbocycles. The second-order valence-corrected chi connectivity index (χ2v) is 4.98. The van der Waals surface area contributed by atoms with Crippen molar-refractivity contribution >= 4 is 17.6 Å². The SMILES string of the molecule is CN(CC(=O)Nc1ccccc1C(F)(F)F)C1CCOC1=O. The molecule has 1 aliphatic rings. The summed E-state index contributed by atoms with van der Waals surface area (Å²) < 4.78 is 43.3. The molecule has 0 aliphatic carbocycles. The van der Waals surface area contributed by atoms with Gasteiger partial charge in [-0.1, -0.05) is 12.1 Å². The van der Waals surface area contributed by atoms with Gasteiger partial charge >= 0.3 is 12.1 Å². The number of para-hydroxylation sites is 1. The van der Waals surface area contributed by atoms with Crippen molar-refractivity contribution < 1.29 is 27.5 Å². The molecule has 1 aromatic rings. The molecule has 1 amide bonds. The number of halogens is 3. The van der Waals surface area contributed by atoms with Crippen LogP contribution in [0.4, 0.5) is 18.9 Å². The van der Waals surface area contributed by atoms with E-state index in [2.05, 4.69) is 5.32 Å². The van der Waals surface area contributed by atoms with Crippen molar-refractivity contribution in [3.8, 4) is 0 Å². The van der Waals surface area contributed by atoms with E-state index in [0.717, 1.165) is 6.07 Å². The Morgan fingerprint density at radius 3 is 2.68 bits per heavy atom. The maximum atomic E-state index is 12.8. The van der Waals surface area contributed by atoms with Crippen LogP contribution in [-0.2, 0) is 20.5 Å². The predicted molar refractivity (Wildman–Crippen MR) is 72.1 cm³/mol. The van der Waals surface area contributed by atoms with Gasteiger partial charge in [0.05, 0.1) is 24.4 Å². The third-order valence-electron chi connectivity index (χ3n) is 3.34. The monoisotopic (exact) mass is 316 g/mol. The number of nitrogens with one attached hydrogen (secondary N) is 1. The first-order chi connectivity index (χ1) is 10.3. The number of ether oxygens (including phenoxy) is 1. The van der Waals surface area contributed by atoms with Crippen LogP contribution in [0.3, 0.4) is 0 Å². The van der Waals surface area contributed by atoms with Crippen LogP contribution >= 0.6 is 0 Å². The van der Waals surface area contributed by atoms with Gasteiger partial charge in [0.25, 0.3) is 0 Å². The first kappa shape index (κ1) is 16.3. The van der Waals surface area contributed by atoms with Gasteiger partial charge in [0.15, 0.2) is 0 Å². The molecule has 22 heavy (non-hydrogen) atoms. The highest BCUT2D eigenvalue weighted by Gasteiger charge is 2.34. The number of nitrogens with zero attached hydrogens (tertiary/aromatic N) is 1. The van der Waals surface area contributed by atoms with E-state index in [-0.39, 0.29) is 18.8 Å². The summed E-state index contributed by atoms with van der Waals surface area (Å²) in [6.07, 6.45) is -4.09. The van der Waals surface area contributed by atoms with Crippen molar-refractivity contribution in [1.29, 1.82) is 0 Å². The summed E-state index contributed by atoms with van der Waals surface area (Å²) in [5.74, 6) is -1.05. The highest BCUT2D eigenvalue weighted by Crippen LogP contribution is 2.34. The van der Waals surface area contributed by atoms with Crippen LogP contribution in [-0.4, -0.2) is 43.0 Å². The number of alkyl halides is 3. The van der Waals surface area contributed by atoms with Crippen molar-refractivity contribution in [3.63, 3.8) is 0 Å². The van der Waals surface area contributed by atoms with Gasteiger partial charge in [0, 0.05) is 6.42 Å². The van der Waals surface area contributed by atoms with Crippen LogP contribution in [0.1, 0.15) is 12.0 Å². The molecule has 1 N–H and O–H groups in total. The average molecular weight is 316 g/mol. The van der Waals surface area contributed by atoms with Crippen LogP contribution in [0.2, 0.25) is 0 Å². The summed E-state index contributed by atoms with van der Waals surface area (Å²) in [5, 5.41) is 2.23. The van der Waals surface area contributed by atoms with Crippen LogP contribution in [0.25, 0.3) is 0 Å². The summed E-state index contributed by atoms with van der Waals surface area (Å²) in [6, 6.07) is 4.20. The van der Waals surface area contributed by atoms with E-state index in [4.69, 9.17) is 4.74 Å². The van der Waals surface area contributed by atoms with Crippen molar-refractivity contribution in [1.82, 2.24) is 4.90 Å². The number of likely N-dealkylation sites (N-methyl/N-ethyl adjacent to an activating group) is 1. The third-order valence-corrected chi connectivity index (χ3v) is 3.34. The molecule has 0 spiro atoms. The lowest BCUT2D eigenvalue weighted by molar-refractivity contribution is -0.142. The molecule has 2 rings (SSSR count). The Balaban J connectivity index is 2.02. The van der Waals surface area contributed by atoms with Crippen molar-refractivity contribution in [2.24, 2.45) is 0 Å². The van der Waals surface area contributed by atoms with Gasteiger partial charge in [-0.2, -0.15) is 13.2 Å². The third kappa shape index (κ3) is 3.76. The van der Waals surface area contributed by atoms with Crippen LogP contribution in [0.15, 0.2) is 24.3 Å². The lowest BCUT2D eigenvalue weighted by atomic mass is 10.1. The van der Waals surface area contributed by atoms with Gasteiger partial charge in [-0.05, 0) is 19.2 Å². The van der Waals surface area contributed by atoms with Gasteiger partial charge in [0.2, 0.25) is 5.91 Å². The Kier molecular flexibility index (Phi) is 4.70. The Morgan fingerprint density at radius 1 is 1.41 bits per heavy atom. The number of benzene rings is 1. The lowest BCUT2D eigenvalue weighted by Crippen LogP contribution is -2.40. The summed E-state index contributed by atoms with van der Waals surface area (Å²) in [7, 11) is 1.55. The molecule has 1 unspecified atom stereocenters. The van der Waals surface area contributed by atoms with Gasteiger partial charge in [0.1, 0.15) is 6.04 Å². The van der Waals surface area contributed by atoms with Crippen LogP contribution < -0.4 is 5.32 Å². The molecular weight excluding hydrogens is 301 g/mol. The average Bonchev–Trinajstić information content (AvgIpc) is 2.84. The minimum Gasteiger partial charge on any atom is -0.464 e. The number of carbonyl (C=O) groups excluding carboxylic acids is 2. The zero-order valence-corrected chi connectivity index (χ0v) is 11.8. The number of cyclic esters (lactones) is 1. The van der Waals surface area contributed by atoms with E-state index < -0.39 is 29.7 Å². The van der Waals surface area contributed by atoms with Gasteiger partial charge in [-0.25, -0.2) is 0 Å². The molecule has 1 atom stereocenters. The van der Waals surface area contributed by atoms with Crippen molar-refractivity contribution in [2.45, 2.75) is 18.6 Å². The van der Waals surface area contributed by atoms with Gasteiger partial charge in [-0.3, -0.25) is 14.5 Å². The van der Waals surface area contributed by atoms with E-state index in [1.165, 1.54) is 23.1 Å². The largest absolute Gasteiger partial charge is 0.464 e. The molecule has 1 aliphatic heterocycles. The summed E-state index contributed by atoms with van der Waals surface area (Å²) in [5.41, 5.74) is -1.21. The van der Waals surface area contributed by atoms with E-state index in [9.17, 15) is 22.8 Å². The zero-order valence-electron chi connectivity index (χ0n) is 11.8. The van der Waals surface area contributed by atoms with E-state index in [1.54, 1.807) is 7.05 Å². The maximum absolute atomic E-state index is 12.8. The predicted octanol–water partition coefficient (Wildman–Crippen LogP) is 1.89. The molecule has 0 bridgehead atoms. The molecular formula is C14H15F3N2O3. The number of hydrogen-bond acceptors (Lipinski definition) is 4. The molecule has 1 aromatic carbocycles. The summed E-state index contributed by atoms with van der Waals surface area (Å²) in [6.45, 7) is 0.0817. The zero-order chi connectivity index (χ0) is 16.3. The van der Waals surface area contributed by atoms with E-state index in [1.807, 2.05) is 0 Å². The van der Waals surface area contributed by atoms with Crippen LogP contribution in [0.5, 0.6) is 0 Å². The summed E-state index contributed by atoms with van der Waals surface area (Å²) >= 11 is 0. The molecule has 1 saturated heterocycles. The number of carbonyl (C=O) groups is 2. The molecule has 0 radical (unpaired) electrons. The topological polar surface area (TPSA) is 58.6 Å². The second-order valence-electron chi connectivity index (χ2n) is 4.98. The number of hydrogen-bond donors (Lipinski definition) is 1. The standard InChI is InChI=1S/C14H15F3N2O3/c1-19(11-6-7-22-13(11)21)8-12(20)18-10-5-3-2-4-9(10)14(15,16)17/h2-5,11H,6-8H2,1H3,(H,18,20).